The van der Waals surface area contributed by atoms with E-state index in [1.54, 1.807) is 7.11 Å². The van der Waals surface area contributed by atoms with Crippen molar-refractivity contribution in [3.8, 4) is 5.75 Å². The highest BCUT2D eigenvalue weighted by molar-refractivity contribution is 9.10. The molecule has 0 amide bonds. The highest BCUT2D eigenvalue weighted by atomic mass is 79.9. The summed E-state index contributed by atoms with van der Waals surface area (Å²) >= 11 is 3.56. The van der Waals surface area contributed by atoms with Crippen LogP contribution in [0.3, 0.4) is 0 Å². The Hall–Kier alpha value is -0.540. The number of methoxy groups -OCH3 is 1. The van der Waals surface area contributed by atoms with E-state index in [-0.39, 0.29) is 0 Å². The molecule has 1 unspecified atom stereocenters. The molecule has 0 aliphatic heterocycles. The molecule has 16 heavy (non-hydrogen) atoms. The van der Waals surface area contributed by atoms with E-state index in [0.29, 0.717) is 12.5 Å². The van der Waals surface area contributed by atoms with Gasteiger partial charge in [-0.15, -0.1) is 0 Å². The minimum Gasteiger partial charge on any atom is -0.495 e. The normalized spacial score (nSPS) is 12.6. The van der Waals surface area contributed by atoms with Gasteiger partial charge in [0.05, 0.1) is 11.6 Å². The third-order valence-corrected chi connectivity index (χ3v) is 3.46. The lowest BCUT2D eigenvalue weighted by molar-refractivity contribution is 0.402. The maximum absolute atomic E-state index is 5.61. The van der Waals surface area contributed by atoms with E-state index in [0.717, 1.165) is 23.1 Å². The van der Waals surface area contributed by atoms with E-state index in [4.69, 9.17) is 10.5 Å². The molecule has 0 radical (unpaired) electrons. The van der Waals surface area contributed by atoms with Crippen LogP contribution in [0.4, 0.5) is 0 Å². The Morgan fingerprint density at radius 3 is 2.62 bits per heavy atom. The Kier molecular flexibility index (Phi) is 5.29. The Bertz CT molecular complexity index is 352. The zero-order valence-corrected chi connectivity index (χ0v) is 11.8. The molecule has 2 N–H and O–H groups in total. The van der Waals surface area contributed by atoms with E-state index in [9.17, 15) is 0 Å². The first-order chi connectivity index (χ1) is 7.63. The molecule has 2 nitrogen and oxygen atoms in total. The zero-order chi connectivity index (χ0) is 12.1. The molecule has 0 saturated heterocycles. The molecule has 0 fully saturated rings. The number of halogens is 1. The molecular formula is C13H20BrNO. The summed E-state index contributed by atoms with van der Waals surface area (Å²) in [7, 11) is 1.71. The van der Waals surface area contributed by atoms with Gasteiger partial charge in [-0.2, -0.15) is 0 Å². The fourth-order valence-electron chi connectivity index (χ4n) is 1.86. The van der Waals surface area contributed by atoms with Gasteiger partial charge in [0.15, 0.2) is 0 Å². The van der Waals surface area contributed by atoms with Gasteiger partial charge >= 0.3 is 0 Å². The molecule has 90 valence electrons. The van der Waals surface area contributed by atoms with Crippen LogP contribution in [-0.2, 0) is 6.42 Å². The van der Waals surface area contributed by atoms with E-state index >= 15 is 0 Å². The van der Waals surface area contributed by atoms with Crippen LogP contribution in [0.2, 0.25) is 0 Å². The fraction of sp³-hybridized carbons (Fsp3) is 0.538. The van der Waals surface area contributed by atoms with Gasteiger partial charge in [-0.3, -0.25) is 0 Å². The summed E-state index contributed by atoms with van der Waals surface area (Å²) < 4.78 is 6.49. The van der Waals surface area contributed by atoms with Crippen molar-refractivity contribution in [2.24, 2.45) is 5.73 Å². The van der Waals surface area contributed by atoms with Crippen molar-refractivity contribution in [3.63, 3.8) is 0 Å². The van der Waals surface area contributed by atoms with Crippen molar-refractivity contribution in [2.45, 2.75) is 32.6 Å². The number of hydrogen-bond donors (Lipinski definition) is 1. The maximum atomic E-state index is 5.61. The molecule has 0 bridgehead atoms. The molecule has 0 saturated carbocycles. The van der Waals surface area contributed by atoms with Crippen molar-refractivity contribution < 1.29 is 4.74 Å². The summed E-state index contributed by atoms with van der Waals surface area (Å²) in [5.41, 5.74) is 8.19. The van der Waals surface area contributed by atoms with E-state index in [1.807, 2.05) is 0 Å². The number of nitrogens with two attached hydrogens (primary N) is 1. The van der Waals surface area contributed by atoms with E-state index < -0.39 is 0 Å². The SMILES string of the molecule is CCc1cc(Br)c(OC)c(C(C)CCN)c1. The fourth-order valence-corrected chi connectivity index (χ4v) is 2.55. The molecule has 1 atom stereocenters. The lowest BCUT2D eigenvalue weighted by atomic mass is 9.94. The van der Waals surface area contributed by atoms with Gasteiger partial charge in [0.2, 0.25) is 0 Å². The van der Waals surface area contributed by atoms with Gasteiger partial charge in [0, 0.05) is 0 Å². The minimum absolute atomic E-state index is 0.433. The Morgan fingerprint density at radius 2 is 2.12 bits per heavy atom. The summed E-state index contributed by atoms with van der Waals surface area (Å²) in [6, 6.07) is 4.35. The molecule has 3 heteroatoms. The van der Waals surface area contributed by atoms with Gasteiger partial charge in [-0.1, -0.05) is 19.9 Å². The van der Waals surface area contributed by atoms with Crippen LogP contribution in [0.15, 0.2) is 16.6 Å². The Morgan fingerprint density at radius 1 is 1.44 bits per heavy atom. The average Bonchev–Trinajstić information content (AvgIpc) is 2.28. The predicted molar refractivity (Wildman–Crippen MR) is 72.2 cm³/mol. The highest BCUT2D eigenvalue weighted by Gasteiger charge is 2.14. The lowest BCUT2D eigenvalue weighted by Crippen LogP contribution is -2.06. The molecule has 1 rings (SSSR count). The molecule has 0 spiro atoms. The van der Waals surface area contributed by atoms with Crippen molar-refractivity contribution in [1.29, 1.82) is 0 Å². The van der Waals surface area contributed by atoms with Crippen LogP contribution in [0.25, 0.3) is 0 Å². The molecule has 0 heterocycles. The van der Waals surface area contributed by atoms with E-state index in [1.165, 1.54) is 11.1 Å². The number of ether oxygens (including phenoxy) is 1. The quantitative estimate of drug-likeness (QED) is 0.899. The molecule has 0 aliphatic rings. The molecule has 1 aromatic carbocycles. The largest absolute Gasteiger partial charge is 0.495 e. The lowest BCUT2D eigenvalue weighted by Gasteiger charge is -2.17. The number of aryl methyl sites for hydroxylation is 1. The number of rotatable bonds is 5. The first kappa shape index (κ1) is 13.5. The first-order valence-corrected chi connectivity index (χ1v) is 6.49. The van der Waals surface area contributed by atoms with Gasteiger partial charge in [0.1, 0.15) is 5.75 Å². The standard InChI is InChI=1S/C13H20BrNO/c1-4-10-7-11(9(2)5-6-15)13(16-3)12(14)8-10/h7-9H,4-6,15H2,1-3H3. The predicted octanol–water partition coefficient (Wildman–Crippen LogP) is 3.47. The van der Waals surface area contributed by atoms with Crippen LogP contribution < -0.4 is 10.5 Å². The van der Waals surface area contributed by atoms with Crippen LogP contribution in [0.1, 0.15) is 37.3 Å². The average molecular weight is 286 g/mol. The Labute approximate surface area is 106 Å². The monoisotopic (exact) mass is 285 g/mol. The maximum Gasteiger partial charge on any atom is 0.136 e. The first-order valence-electron chi connectivity index (χ1n) is 5.70. The smallest absolute Gasteiger partial charge is 0.136 e. The minimum atomic E-state index is 0.433. The second kappa shape index (κ2) is 6.26. The highest BCUT2D eigenvalue weighted by Crippen LogP contribution is 2.36. The van der Waals surface area contributed by atoms with Crippen LogP contribution in [-0.4, -0.2) is 13.7 Å². The number of benzene rings is 1. The van der Waals surface area contributed by atoms with Crippen molar-refractivity contribution in [3.05, 3.63) is 27.7 Å². The van der Waals surface area contributed by atoms with E-state index in [2.05, 4.69) is 41.9 Å². The Balaban J connectivity index is 3.16. The third kappa shape index (κ3) is 2.98. The van der Waals surface area contributed by atoms with Crippen molar-refractivity contribution in [2.75, 3.05) is 13.7 Å². The van der Waals surface area contributed by atoms with Crippen molar-refractivity contribution in [1.82, 2.24) is 0 Å². The summed E-state index contributed by atoms with van der Waals surface area (Å²) in [5, 5.41) is 0. The molecule has 0 aromatic heterocycles. The summed E-state index contributed by atoms with van der Waals surface area (Å²) in [6.45, 7) is 5.06. The van der Waals surface area contributed by atoms with Gasteiger partial charge in [-0.25, -0.2) is 0 Å². The second-order valence-electron chi connectivity index (χ2n) is 4.03. The molecule has 0 aliphatic carbocycles. The van der Waals surface area contributed by atoms with Gasteiger partial charge in [0.25, 0.3) is 0 Å². The number of hydrogen-bond acceptors (Lipinski definition) is 2. The topological polar surface area (TPSA) is 35.2 Å². The van der Waals surface area contributed by atoms with Crippen molar-refractivity contribution >= 4 is 15.9 Å². The zero-order valence-electron chi connectivity index (χ0n) is 10.2. The third-order valence-electron chi connectivity index (χ3n) is 2.88. The van der Waals surface area contributed by atoms with Crippen LogP contribution >= 0.6 is 15.9 Å². The van der Waals surface area contributed by atoms with Gasteiger partial charge in [-0.05, 0) is 58.4 Å². The second-order valence-corrected chi connectivity index (χ2v) is 4.89. The summed E-state index contributed by atoms with van der Waals surface area (Å²) in [5.74, 6) is 1.38. The summed E-state index contributed by atoms with van der Waals surface area (Å²) in [6.07, 6.45) is 2.01. The summed E-state index contributed by atoms with van der Waals surface area (Å²) in [4.78, 5) is 0. The van der Waals surface area contributed by atoms with Gasteiger partial charge < -0.3 is 10.5 Å². The molecular weight excluding hydrogens is 266 g/mol. The molecule has 1 aromatic rings. The van der Waals surface area contributed by atoms with Crippen LogP contribution in [0.5, 0.6) is 5.75 Å². The van der Waals surface area contributed by atoms with Crippen LogP contribution in [0, 0.1) is 0 Å².